The molecule has 0 saturated carbocycles. The van der Waals surface area contributed by atoms with Gasteiger partial charge in [0, 0.05) is 30.9 Å². The summed E-state index contributed by atoms with van der Waals surface area (Å²) in [5.41, 5.74) is -0.498. The maximum absolute atomic E-state index is 15.4. The first kappa shape index (κ1) is 43.9. The summed E-state index contributed by atoms with van der Waals surface area (Å²) in [6.07, 6.45) is -0.944. The quantitative estimate of drug-likeness (QED) is 0.166. The van der Waals surface area contributed by atoms with Gasteiger partial charge in [-0.1, -0.05) is 36.4 Å². The van der Waals surface area contributed by atoms with Crippen LogP contribution in [0.25, 0.3) is 0 Å². The molecule has 12 nitrogen and oxygen atoms in total. The van der Waals surface area contributed by atoms with Crippen LogP contribution in [0.15, 0.2) is 66.9 Å². The number of pyridine rings is 2. The molecule has 0 spiro atoms. The topological polar surface area (TPSA) is 124 Å². The Balaban J connectivity index is 1.59. The van der Waals surface area contributed by atoms with E-state index in [1.165, 1.54) is 29.3 Å². The smallest absolute Gasteiger partial charge is 0.416 e. The minimum atomic E-state index is -3.47. The molecule has 2 atom stereocenters. The molecular formula is C42H57F2N5O7. The van der Waals surface area contributed by atoms with Crippen LogP contribution in [0.5, 0.6) is 0 Å². The van der Waals surface area contributed by atoms with Gasteiger partial charge in [-0.2, -0.15) is 8.78 Å². The fraction of sp³-hybridized carbons (Fsp3) is 0.548. The van der Waals surface area contributed by atoms with Crippen molar-refractivity contribution in [3.8, 4) is 0 Å². The van der Waals surface area contributed by atoms with Gasteiger partial charge in [0.25, 0.3) is 0 Å². The minimum Gasteiger partial charge on any atom is -0.444 e. The highest BCUT2D eigenvalue weighted by Gasteiger charge is 2.41. The fourth-order valence-corrected chi connectivity index (χ4v) is 6.03. The minimum absolute atomic E-state index is 0.128. The first-order valence-corrected chi connectivity index (χ1v) is 18.9. The lowest BCUT2D eigenvalue weighted by atomic mass is 9.98. The van der Waals surface area contributed by atoms with Crippen LogP contribution < -0.4 is 4.90 Å². The predicted molar refractivity (Wildman–Crippen MR) is 209 cm³/mol. The monoisotopic (exact) mass is 781 g/mol. The van der Waals surface area contributed by atoms with E-state index in [1.807, 2.05) is 49.4 Å². The molecule has 0 bridgehead atoms. The summed E-state index contributed by atoms with van der Waals surface area (Å²) < 4.78 is 54.1. The van der Waals surface area contributed by atoms with Crippen molar-refractivity contribution in [2.45, 2.75) is 111 Å². The van der Waals surface area contributed by atoms with Gasteiger partial charge < -0.3 is 23.8 Å². The maximum atomic E-state index is 15.4. The lowest BCUT2D eigenvalue weighted by Crippen LogP contribution is -2.44. The lowest BCUT2D eigenvalue weighted by molar-refractivity contribution is -0.0583. The number of likely N-dealkylation sites (tertiary alicyclic amines) is 1. The van der Waals surface area contributed by atoms with Crippen molar-refractivity contribution in [1.82, 2.24) is 19.8 Å². The van der Waals surface area contributed by atoms with Gasteiger partial charge >= 0.3 is 24.2 Å². The maximum Gasteiger partial charge on any atom is 0.416 e. The van der Waals surface area contributed by atoms with Gasteiger partial charge in [0.1, 0.15) is 28.3 Å². The second-order valence-electron chi connectivity index (χ2n) is 17.1. The Hall–Kier alpha value is -4.85. The molecule has 0 unspecified atom stereocenters. The largest absolute Gasteiger partial charge is 0.444 e. The Morgan fingerprint density at radius 1 is 0.821 bits per heavy atom. The molecule has 56 heavy (non-hydrogen) atoms. The Labute approximate surface area is 329 Å². The van der Waals surface area contributed by atoms with Crippen LogP contribution in [0, 0.1) is 12.8 Å². The number of carbonyl (C=O) groups excluding carboxylic acids is 3. The normalized spacial score (nSPS) is 16.3. The Kier molecular flexibility index (Phi) is 14.1. The number of hydrogen-bond acceptors (Lipinski definition) is 9. The van der Waals surface area contributed by atoms with E-state index in [0.29, 0.717) is 17.9 Å². The molecule has 1 aromatic carbocycles. The molecule has 1 aliphatic rings. The third-order valence-corrected chi connectivity index (χ3v) is 8.36. The molecule has 1 fully saturated rings. The number of carbonyl (C=O) groups is 3. The summed E-state index contributed by atoms with van der Waals surface area (Å²) in [6, 6.07) is 17.5. The third kappa shape index (κ3) is 13.7. The number of rotatable bonds is 12. The SMILES string of the molecule is Cc1cc(C[C@@H]2CN(C(=O)OC(C)(C)C)C[C@@H]2OCCN(CC(F)(F)c2ccccn2)C(=O)OC(C)(C)C)nc(N(Cc2ccccc2)C(=O)OC(C)(C)C)c1. The van der Waals surface area contributed by atoms with Gasteiger partial charge in [-0.25, -0.2) is 19.4 Å². The van der Waals surface area contributed by atoms with Gasteiger partial charge in [0.05, 0.1) is 32.3 Å². The van der Waals surface area contributed by atoms with Crippen molar-refractivity contribution in [3.05, 3.63) is 89.4 Å². The number of amides is 3. The molecule has 3 amide bonds. The first-order chi connectivity index (χ1) is 26.0. The summed E-state index contributed by atoms with van der Waals surface area (Å²) >= 11 is 0. The van der Waals surface area contributed by atoms with Crippen molar-refractivity contribution in [2.75, 3.05) is 37.7 Å². The average Bonchev–Trinajstić information content (AvgIpc) is 3.47. The molecule has 2 aromatic heterocycles. The van der Waals surface area contributed by atoms with Crippen molar-refractivity contribution in [1.29, 1.82) is 0 Å². The average molecular weight is 782 g/mol. The lowest BCUT2D eigenvalue weighted by Gasteiger charge is -2.30. The fourth-order valence-electron chi connectivity index (χ4n) is 6.03. The highest BCUT2D eigenvalue weighted by molar-refractivity contribution is 5.86. The molecular weight excluding hydrogens is 724 g/mol. The number of halogens is 2. The molecule has 3 heterocycles. The van der Waals surface area contributed by atoms with Crippen LogP contribution in [0.1, 0.15) is 84.8 Å². The van der Waals surface area contributed by atoms with Crippen molar-refractivity contribution in [3.63, 3.8) is 0 Å². The van der Waals surface area contributed by atoms with Crippen molar-refractivity contribution < 1.29 is 42.1 Å². The van der Waals surface area contributed by atoms with E-state index < -0.39 is 59.3 Å². The molecule has 0 N–H and O–H groups in total. The number of nitrogens with zero attached hydrogens (tertiary/aromatic N) is 5. The van der Waals surface area contributed by atoms with Gasteiger partial charge in [-0.15, -0.1) is 0 Å². The number of benzene rings is 1. The van der Waals surface area contributed by atoms with Crippen LogP contribution in [0.3, 0.4) is 0 Å². The Morgan fingerprint density at radius 3 is 2.05 bits per heavy atom. The molecule has 1 saturated heterocycles. The highest BCUT2D eigenvalue weighted by atomic mass is 19.3. The molecule has 1 aliphatic heterocycles. The summed E-state index contributed by atoms with van der Waals surface area (Å²) in [4.78, 5) is 52.8. The molecule has 306 valence electrons. The second-order valence-corrected chi connectivity index (χ2v) is 17.1. The number of anilines is 1. The number of aromatic nitrogens is 2. The third-order valence-electron chi connectivity index (χ3n) is 8.36. The van der Waals surface area contributed by atoms with Crippen LogP contribution in [-0.4, -0.2) is 93.7 Å². The predicted octanol–water partition coefficient (Wildman–Crippen LogP) is 8.55. The zero-order valence-electron chi connectivity index (χ0n) is 34.3. The van der Waals surface area contributed by atoms with E-state index >= 15 is 8.78 Å². The summed E-state index contributed by atoms with van der Waals surface area (Å²) in [6.45, 7) is 16.9. The van der Waals surface area contributed by atoms with E-state index in [4.69, 9.17) is 23.9 Å². The van der Waals surface area contributed by atoms with Gasteiger partial charge in [0.15, 0.2) is 0 Å². The summed E-state index contributed by atoms with van der Waals surface area (Å²) in [5, 5.41) is 0. The zero-order chi connectivity index (χ0) is 41.5. The Bertz CT molecular complexity index is 1780. The van der Waals surface area contributed by atoms with E-state index in [1.54, 1.807) is 67.2 Å². The molecule has 4 rings (SSSR count). The number of aryl methyl sites for hydroxylation is 1. The van der Waals surface area contributed by atoms with Crippen molar-refractivity contribution in [2.24, 2.45) is 5.92 Å². The van der Waals surface area contributed by atoms with Crippen LogP contribution in [-0.2, 0) is 37.8 Å². The first-order valence-electron chi connectivity index (χ1n) is 18.9. The standard InChI is InChI=1S/C42H57F2N5O7/c1-29-22-32(46-35(23-29)49(38(52)56-41(8,9)10)25-30-16-12-11-13-17-30)24-31-26-48(37(51)55-40(5,6)7)27-33(31)53-21-20-47(36(50)54-39(2,3)4)28-42(43,44)34-18-14-15-19-45-34/h11-19,22-23,31,33H,20-21,24-28H2,1-10H3/t31-,33+/m1/s1. The number of hydrogen-bond donors (Lipinski definition) is 0. The second kappa shape index (κ2) is 18.0. The molecule has 14 heteroatoms. The zero-order valence-corrected chi connectivity index (χ0v) is 34.3. The van der Waals surface area contributed by atoms with E-state index in [-0.39, 0.29) is 38.7 Å². The van der Waals surface area contributed by atoms with Gasteiger partial charge in [-0.3, -0.25) is 14.8 Å². The van der Waals surface area contributed by atoms with Crippen LogP contribution in [0.2, 0.25) is 0 Å². The Morgan fingerprint density at radius 2 is 1.45 bits per heavy atom. The van der Waals surface area contributed by atoms with E-state index in [0.717, 1.165) is 16.0 Å². The summed E-state index contributed by atoms with van der Waals surface area (Å²) in [7, 11) is 0. The molecule has 0 radical (unpaired) electrons. The van der Waals surface area contributed by atoms with E-state index in [9.17, 15) is 14.4 Å². The summed E-state index contributed by atoms with van der Waals surface area (Å²) in [5.74, 6) is -3.37. The van der Waals surface area contributed by atoms with Gasteiger partial charge in [-0.05, 0) is 111 Å². The molecule has 0 aliphatic carbocycles. The van der Waals surface area contributed by atoms with Crippen LogP contribution in [0.4, 0.5) is 29.0 Å². The number of alkyl halides is 2. The van der Waals surface area contributed by atoms with Gasteiger partial charge in [0.2, 0.25) is 0 Å². The molecule has 3 aromatic rings. The van der Waals surface area contributed by atoms with E-state index in [2.05, 4.69) is 4.98 Å². The van der Waals surface area contributed by atoms with Crippen molar-refractivity contribution >= 4 is 24.1 Å². The van der Waals surface area contributed by atoms with Crippen LogP contribution >= 0.6 is 0 Å². The highest BCUT2D eigenvalue weighted by Crippen LogP contribution is 2.30. The number of ether oxygens (including phenoxy) is 4.